The maximum Gasteiger partial charge on any atom is 0.446 e. The van der Waals surface area contributed by atoms with Gasteiger partial charge in [-0.15, -0.1) is 0 Å². The third-order valence-corrected chi connectivity index (χ3v) is 4.24. The molecule has 2 amide bonds. The molecule has 2 N–H and O–H groups in total. The van der Waals surface area contributed by atoms with Crippen molar-refractivity contribution in [2.24, 2.45) is 0 Å². The summed E-state index contributed by atoms with van der Waals surface area (Å²) in [6, 6.07) is 5.23. The number of nitrogens with one attached hydrogen (secondary N) is 2. The lowest BCUT2D eigenvalue weighted by molar-refractivity contribution is -0.0328. The lowest BCUT2D eigenvalue weighted by Crippen LogP contribution is -2.31. The van der Waals surface area contributed by atoms with Gasteiger partial charge in [0.1, 0.15) is 0 Å². The van der Waals surface area contributed by atoms with Crippen molar-refractivity contribution in [2.45, 2.75) is 35.9 Å². The zero-order chi connectivity index (χ0) is 16.8. The van der Waals surface area contributed by atoms with E-state index in [9.17, 15) is 18.0 Å². The van der Waals surface area contributed by atoms with E-state index >= 15 is 0 Å². The molecule has 0 aliphatic carbocycles. The number of thioether (sulfide) groups is 2. The number of carbonyl (C=O) groups excluding carboxylic acids is 1. The minimum absolute atomic E-state index is 0.0357. The molecule has 0 aromatic heterocycles. The highest BCUT2D eigenvalue weighted by atomic mass is 32.2. The van der Waals surface area contributed by atoms with Gasteiger partial charge in [-0.1, -0.05) is 26.8 Å². The Balaban J connectivity index is 2.43. The smallest absolute Gasteiger partial charge is 0.337 e. The molecule has 124 valence electrons. The Morgan fingerprint density at radius 2 is 1.91 bits per heavy atom. The zero-order valence-corrected chi connectivity index (χ0v) is 14.2. The normalized spacial score (nSPS) is 12.1. The van der Waals surface area contributed by atoms with Crippen molar-refractivity contribution in [1.82, 2.24) is 5.32 Å². The molecule has 0 aliphatic heterocycles. The first-order valence-corrected chi connectivity index (χ1v) is 8.40. The van der Waals surface area contributed by atoms with Crippen LogP contribution in [0.15, 0.2) is 29.2 Å². The van der Waals surface area contributed by atoms with E-state index < -0.39 is 11.5 Å². The molecule has 1 aromatic carbocycles. The minimum atomic E-state index is -4.34. The first kappa shape index (κ1) is 19.0. The summed E-state index contributed by atoms with van der Waals surface area (Å²) in [6.45, 7) is 6.75. The molecule has 0 atom stereocenters. The van der Waals surface area contributed by atoms with Gasteiger partial charge in [0.2, 0.25) is 0 Å². The van der Waals surface area contributed by atoms with Gasteiger partial charge in [-0.05, 0) is 30.0 Å². The Kier molecular flexibility index (Phi) is 6.93. The second kappa shape index (κ2) is 8.01. The molecule has 8 heteroatoms. The molecule has 0 heterocycles. The molecule has 22 heavy (non-hydrogen) atoms. The molecule has 0 spiro atoms. The lowest BCUT2D eigenvalue weighted by atomic mass is 10.3. The Morgan fingerprint density at radius 3 is 2.50 bits per heavy atom. The summed E-state index contributed by atoms with van der Waals surface area (Å²) < 4.78 is 37.0. The summed E-state index contributed by atoms with van der Waals surface area (Å²) >= 11 is 1.51. The number of benzene rings is 1. The van der Waals surface area contributed by atoms with Crippen LogP contribution >= 0.6 is 23.5 Å². The van der Waals surface area contributed by atoms with Crippen LogP contribution in [0.3, 0.4) is 0 Å². The number of alkyl halides is 3. The summed E-state index contributed by atoms with van der Waals surface area (Å²) in [7, 11) is 0. The third-order valence-electron chi connectivity index (χ3n) is 2.25. The van der Waals surface area contributed by atoms with Crippen LogP contribution in [-0.2, 0) is 0 Å². The maximum atomic E-state index is 12.3. The fourth-order valence-electron chi connectivity index (χ4n) is 1.47. The molecule has 0 unspecified atom stereocenters. The second-order valence-corrected chi connectivity index (χ2v) is 8.48. The predicted molar refractivity (Wildman–Crippen MR) is 87.6 cm³/mol. The third kappa shape index (κ3) is 9.09. The fraction of sp³-hybridized carbons (Fsp3) is 0.500. The van der Waals surface area contributed by atoms with Gasteiger partial charge in [-0.25, -0.2) is 4.79 Å². The maximum absolute atomic E-state index is 12.3. The molecule has 0 saturated carbocycles. The van der Waals surface area contributed by atoms with E-state index in [1.54, 1.807) is 17.8 Å². The van der Waals surface area contributed by atoms with Gasteiger partial charge < -0.3 is 10.6 Å². The van der Waals surface area contributed by atoms with E-state index in [2.05, 4.69) is 31.4 Å². The molecule has 0 radical (unpaired) electrons. The molecule has 0 saturated heterocycles. The highest BCUT2D eigenvalue weighted by Crippen LogP contribution is 2.37. The number of urea groups is 1. The van der Waals surface area contributed by atoms with Crippen molar-refractivity contribution in [3.05, 3.63) is 24.3 Å². The minimum Gasteiger partial charge on any atom is -0.337 e. The summed E-state index contributed by atoms with van der Waals surface area (Å²) in [5, 5.41) is 5.20. The zero-order valence-electron chi connectivity index (χ0n) is 12.6. The van der Waals surface area contributed by atoms with Crippen LogP contribution in [0.2, 0.25) is 0 Å². The second-order valence-electron chi connectivity index (χ2n) is 5.42. The molecular weight excluding hydrogens is 333 g/mol. The van der Waals surface area contributed by atoms with Crippen LogP contribution < -0.4 is 10.6 Å². The fourth-order valence-corrected chi connectivity index (χ4v) is 2.88. The Labute approximate surface area is 136 Å². The number of carbonyl (C=O) groups is 1. The average Bonchev–Trinajstić information content (AvgIpc) is 2.32. The number of rotatable bonds is 5. The van der Waals surface area contributed by atoms with E-state index in [0.717, 1.165) is 5.75 Å². The van der Waals surface area contributed by atoms with Gasteiger partial charge in [0.15, 0.2) is 0 Å². The van der Waals surface area contributed by atoms with Crippen molar-refractivity contribution < 1.29 is 18.0 Å². The first-order valence-electron chi connectivity index (χ1n) is 6.60. The van der Waals surface area contributed by atoms with E-state index in [4.69, 9.17) is 0 Å². The van der Waals surface area contributed by atoms with Gasteiger partial charge in [-0.3, -0.25) is 0 Å². The van der Waals surface area contributed by atoms with Crippen LogP contribution in [0.1, 0.15) is 20.8 Å². The SMILES string of the molecule is CC(C)(C)SCCNC(=O)Nc1cccc(SC(F)(F)F)c1. The number of halogens is 3. The molecule has 0 fully saturated rings. The monoisotopic (exact) mass is 352 g/mol. The highest BCUT2D eigenvalue weighted by Gasteiger charge is 2.29. The molecule has 0 aliphatic rings. The number of anilines is 1. The van der Waals surface area contributed by atoms with Gasteiger partial charge in [0, 0.05) is 27.6 Å². The van der Waals surface area contributed by atoms with Gasteiger partial charge >= 0.3 is 11.5 Å². The van der Waals surface area contributed by atoms with Gasteiger partial charge in [0.05, 0.1) is 0 Å². The molecule has 1 aromatic rings. The van der Waals surface area contributed by atoms with Gasteiger partial charge in [0.25, 0.3) is 0 Å². The van der Waals surface area contributed by atoms with E-state index in [0.29, 0.717) is 12.2 Å². The van der Waals surface area contributed by atoms with Crippen molar-refractivity contribution >= 4 is 35.2 Å². The summed E-state index contributed by atoms with van der Waals surface area (Å²) in [6.07, 6.45) is 0. The van der Waals surface area contributed by atoms with Crippen LogP contribution in [-0.4, -0.2) is 28.6 Å². The Hall–Kier alpha value is -1.02. The first-order chi connectivity index (χ1) is 10.1. The van der Waals surface area contributed by atoms with E-state index in [-0.39, 0.29) is 21.4 Å². The molecule has 0 bridgehead atoms. The lowest BCUT2D eigenvalue weighted by Gasteiger charge is -2.17. The van der Waals surface area contributed by atoms with Crippen LogP contribution in [0.4, 0.5) is 23.7 Å². The van der Waals surface area contributed by atoms with Gasteiger partial charge in [-0.2, -0.15) is 24.9 Å². The number of hydrogen-bond acceptors (Lipinski definition) is 3. The Morgan fingerprint density at radius 1 is 1.23 bits per heavy atom. The summed E-state index contributed by atoms with van der Waals surface area (Å²) in [4.78, 5) is 11.7. The Bertz CT molecular complexity index is 502. The molecular formula is C14H19F3N2OS2. The largest absolute Gasteiger partial charge is 0.446 e. The highest BCUT2D eigenvalue weighted by molar-refractivity contribution is 8.00. The quantitative estimate of drug-likeness (QED) is 0.582. The van der Waals surface area contributed by atoms with Crippen LogP contribution in [0.5, 0.6) is 0 Å². The standard InChI is InChI=1S/C14H19F3N2OS2/c1-13(2,3)21-8-7-18-12(20)19-10-5-4-6-11(9-10)22-14(15,16)17/h4-6,9H,7-8H2,1-3H3,(H2,18,19,20). The van der Waals surface area contributed by atoms with Crippen LogP contribution in [0.25, 0.3) is 0 Å². The van der Waals surface area contributed by atoms with Crippen molar-refractivity contribution in [1.29, 1.82) is 0 Å². The topological polar surface area (TPSA) is 41.1 Å². The molecule has 3 nitrogen and oxygen atoms in total. The average molecular weight is 352 g/mol. The van der Waals surface area contributed by atoms with Crippen molar-refractivity contribution in [3.63, 3.8) is 0 Å². The van der Waals surface area contributed by atoms with Crippen molar-refractivity contribution in [2.75, 3.05) is 17.6 Å². The van der Waals surface area contributed by atoms with E-state index in [1.165, 1.54) is 18.2 Å². The molecule has 1 rings (SSSR count). The van der Waals surface area contributed by atoms with E-state index in [1.807, 2.05) is 0 Å². The van der Waals surface area contributed by atoms with Crippen LogP contribution in [0, 0.1) is 0 Å². The van der Waals surface area contributed by atoms with Crippen molar-refractivity contribution in [3.8, 4) is 0 Å². The predicted octanol–water partition coefficient (Wildman–Crippen LogP) is 4.95. The number of amides is 2. The number of hydrogen-bond donors (Lipinski definition) is 2. The summed E-state index contributed by atoms with van der Waals surface area (Å²) in [5.74, 6) is 0.765. The summed E-state index contributed by atoms with van der Waals surface area (Å²) in [5.41, 5.74) is -4.01.